The van der Waals surface area contributed by atoms with Crippen molar-refractivity contribution in [3.8, 4) is 11.5 Å². The molecular weight excluding hydrogens is 356 g/mol. The number of rotatable bonds is 5. The lowest BCUT2D eigenvalue weighted by Gasteiger charge is -2.25. The van der Waals surface area contributed by atoms with E-state index in [1.807, 2.05) is 18.2 Å². The van der Waals surface area contributed by atoms with Gasteiger partial charge in [-0.2, -0.15) is 9.38 Å². The van der Waals surface area contributed by atoms with E-state index >= 15 is 0 Å². The molecule has 0 radical (unpaired) electrons. The van der Waals surface area contributed by atoms with Crippen LogP contribution in [-0.4, -0.2) is 27.5 Å². The molecule has 0 saturated heterocycles. The number of nitrogens with one attached hydrogen (secondary N) is 1. The van der Waals surface area contributed by atoms with Crippen molar-refractivity contribution in [1.29, 1.82) is 0 Å². The number of thiazole rings is 1. The first-order valence-corrected chi connectivity index (χ1v) is 9.18. The Morgan fingerprint density at radius 2 is 2.08 bits per heavy atom. The number of imidazole rings is 1. The van der Waals surface area contributed by atoms with Gasteiger partial charge in [-0.25, -0.2) is 0 Å². The Labute approximate surface area is 153 Å². The summed E-state index contributed by atoms with van der Waals surface area (Å²) >= 11 is 1.36. The summed E-state index contributed by atoms with van der Waals surface area (Å²) < 4.78 is 12.7. The number of anilines is 1. The maximum absolute atomic E-state index is 11.5. The largest absolute Gasteiger partial charge is 0.486 e. The van der Waals surface area contributed by atoms with Gasteiger partial charge >= 0.3 is 5.82 Å². The van der Waals surface area contributed by atoms with Gasteiger partial charge in [-0.15, -0.1) is 0 Å². The van der Waals surface area contributed by atoms with Gasteiger partial charge in [0.05, 0.1) is 6.04 Å². The van der Waals surface area contributed by atoms with Crippen molar-refractivity contribution >= 4 is 27.9 Å². The third-order valence-corrected chi connectivity index (χ3v) is 5.05. The number of ether oxygens (including phenoxy) is 2. The second-order valence-corrected chi connectivity index (χ2v) is 7.24. The summed E-state index contributed by atoms with van der Waals surface area (Å²) in [6.45, 7) is 5.16. The number of aromatic nitrogens is 2. The van der Waals surface area contributed by atoms with Crippen molar-refractivity contribution in [2.75, 3.05) is 18.5 Å². The quantitative estimate of drug-likeness (QED) is 0.538. The topological polar surface area (TPSA) is 90.9 Å². The molecule has 1 aliphatic rings. The first-order chi connectivity index (χ1) is 12.5. The number of hydrogen-bond acceptors (Lipinski definition) is 7. The van der Waals surface area contributed by atoms with Gasteiger partial charge in [-0.1, -0.05) is 31.3 Å². The average molecular weight is 374 g/mol. The fraction of sp³-hybridized carbons (Fsp3) is 0.353. The predicted octanol–water partition coefficient (Wildman–Crippen LogP) is 3.88. The molecule has 0 saturated carbocycles. The van der Waals surface area contributed by atoms with Gasteiger partial charge in [-0.05, 0) is 28.5 Å². The van der Waals surface area contributed by atoms with Crippen LogP contribution in [0.3, 0.4) is 0 Å². The van der Waals surface area contributed by atoms with E-state index in [9.17, 15) is 10.1 Å². The number of benzene rings is 1. The lowest BCUT2D eigenvalue weighted by atomic mass is 9.95. The number of hydrogen-bond donors (Lipinski definition) is 1. The normalized spacial score (nSPS) is 14.6. The Morgan fingerprint density at radius 3 is 2.81 bits per heavy atom. The van der Waals surface area contributed by atoms with Gasteiger partial charge in [0.25, 0.3) is 4.96 Å². The maximum Gasteiger partial charge on any atom is 0.372 e. The number of fused-ring (bicyclic) bond motifs is 2. The minimum atomic E-state index is -0.406. The molecule has 9 heteroatoms. The fourth-order valence-electron chi connectivity index (χ4n) is 3.08. The van der Waals surface area contributed by atoms with Crippen LogP contribution in [0.25, 0.3) is 4.96 Å². The van der Waals surface area contributed by atoms with E-state index in [0.29, 0.717) is 23.9 Å². The summed E-state index contributed by atoms with van der Waals surface area (Å²) in [5, 5.41) is 16.6. The van der Waals surface area contributed by atoms with E-state index in [4.69, 9.17) is 9.47 Å². The minimum absolute atomic E-state index is 0.0514. The molecule has 2 aromatic heterocycles. The van der Waals surface area contributed by atoms with Gasteiger partial charge in [-0.3, -0.25) is 0 Å². The molecule has 136 valence electrons. The standard InChI is InChI=1S/C17H18N4O4S/c1-10(2)14(11-3-4-12-13(9-11)25-7-6-24-12)18-15-16(21(22)23)20-5-8-26-17(20)19-15/h3-5,8-10,14,18H,6-7H2,1-2H3. The second kappa shape index (κ2) is 6.49. The van der Waals surface area contributed by atoms with Crippen molar-refractivity contribution < 1.29 is 14.4 Å². The Kier molecular flexibility index (Phi) is 4.15. The Bertz CT molecular complexity index is 965. The smallest absolute Gasteiger partial charge is 0.372 e. The SMILES string of the molecule is CC(C)C(Nc1nc2sccn2c1[N+](=O)[O-])c1ccc2c(c1)OCCO2. The van der Waals surface area contributed by atoms with Crippen LogP contribution in [0.4, 0.5) is 11.6 Å². The zero-order valence-electron chi connectivity index (χ0n) is 14.3. The molecule has 4 rings (SSSR count). The fourth-order valence-corrected chi connectivity index (χ4v) is 3.79. The van der Waals surface area contributed by atoms with E-state index in [0.717, 1.165) is 11.3 Å². The minimum Gasteiger partial charge on any atom is -0.486 e. The molecule has 0 aliphatic carbocycles. The molecule has 3 heterocycles. The Balaban J connectivity index is 1.71. The molecule has 1 N–H and O–H groups in total. The third-order valence-electron chi connectivity index (χ3n) is 4.29. The first kappa shape index (κ1) is 16.6. The highest BCUT2D eigenvalue weighted by Gasteiger charge is 2.28. The van der Waals surface area contributed by atoms with Crippen molar-refractivity contribution in [1.82, 2.24) is 9.38 Å². The molecule has 3 aromatic rings. The van der Waals surface area contributed by atoms with Gasteiger partial charge < -0.3 is 24.9 Å². The summed E-state index contributed by atoms with van der Waals surface area (Å²) in [5.74, 6) is 1.81. The number of nitro groups is 1. The first-order valence-electron chi connectivity index (χ1n) is 8.30. The van der Waals surface area contributed by atoms with E-state index in [2.05, 4.69) is 24.1 Å². The number of nitrogens with zero attached hydrogens (tertiary/aromatic N) is 3. The van der Waals surface area contributed by atoms with Crippen LogP contribution in [0.1, 0.15) is 25.5 Å². The van der Waals surface area contributed by atoms with Gasteiger partial charge in [0.15, 0.2) is 11.5 Å². The predicted molar refractivity (Wildman–Crippen MR) is 98.4 cm³/mol. The van der Waals surface area contributed by atoms with Crippen LogP contribution in [0.2, 0.25) is 0 Å². The van der Waals surface area contributed by atoms with Crippen LogP contribution in [0, 0.1) is 16.0 Å². The lowest BCUT2D eigenvalue weighted by molar-refractivity contribution is -0.389. The van der Waals surface area contributed by atoms with E-state index in [1.54, 1.807) is 11.6 Å². The van der Waals surface area contributed by atoms with Crippen LogP contribution < -0.4 is 14.8 Å². The highest BCUT2D eigenvalue weighted by molar-refractivity contribution is 7.15. The molecule has 26 heavy (non-hydrogen) atoms. The van der Waals surface area contributed by atoms with Gasteiger partial charge in [0.1, 0.15) is 19.4 Å². The lowest BCUT2D eigenvalue weighted by Crippen LogP contribution is -2.19. The molecule has 1 aliphatic heterocycles. The molecule has 1 aromatic carbocycles. The van der Waals surface area contributed by atoms with Crippen molar-refractivity contribution in [2.24, 2.45) is 5.92 Å². The zero-order valence-corrected chi connectivity index (χ0v) is 15.2. The molecule has 0 bridgehead atoms. The van der Waals surface area contributed by atoms with Crippen LogP contribution in [0.15, 0.2) is 29.8 Å². The van der Waals surface area contributed by atoms with Gasteiger partial charge in [0.2, 0.25) is 5.82 Å². The maximum atomic E-state index is 11.5. The van der Waals surface area contributed by atoms with Crippen LogP contribution >= 0.6 is 11.3 Å². The van der Waals surface area contributed by atoms with E-state index in [-0.39, 0.29) is 23.6 Å². The van der Waals surface area contributed by atoms with Gasteiger partial charge in [0, 0.05) is 5.38 Å². The van der Waals surface area contributed by atoms with Crippen molar-refractivity contribution in [3.63, 3.8) is 0 Å². The monoisotopic (exact) mass is 374 g/mol. The summed E-state index contributed by atoms with van der Waals surface area (Å²) in [4.78, 5) is 16.1. The van der Waals surface area contributed by atoms with Crippen molar-refractivity contribution in [2.45, 2.75) is 19.9 Å². The van der Waals surface area contributed by atoms with Crippen LogP contribution in [-0.2, 0) is 0 Å². The molecular formula is C17H18N4O4S. The third kappa shape index (κ3) is 2.84. The molecule has 0 spiro atoms. The second-order valence-electron chi connectivity index (χ2n) is 6.37. The summed E-state index contributed by atoms with van der Waals surface area (Å²) in [6, 6.07) is 5.60. The molecule has 1 unspecified atom stereocenters. The molecule has 1 atom stereocenters. The van der Waals surface area contributed by atoms with E-state index in [1.165, 1.54) is 15.7 Å². The molecule has 0 amide bonds. The average Bonchev–Trinajstić information content (AvgIpc) is 3.19. The van der Waals surface area contributed by atoms with Crippen LogP contribution in [0.5, 0.6) is 11.5 Å². The molecule has 8 nitrogen and oxygen atoms in total. The summed E-state index contributed by atoms with van der Waals surface area (Å²) in [6.07, 6.45) is 1.66. The van der Waals surface area contributed by atoms with E-state index < -0.39 is 4.92 Å². The summed E-state index contributed by atoms with van der Waals surface area (Å²) in [5.41, 5.74) is 0.968. The molecule has 0 fully saturated rings. The Morgan fingerprint density at radius 1 is 1.31 bits per heavy atom. The highest BCUT2D eigenvalue weighted by Crippen LogP contribution is 2.37. The Hall–Kier alpha value is -2.81. The zero-order chi connectivity index (χ0) is 18.3. The summed E-state index contributed by atoms with van der Waals surface area (Å²) in [7, 11) is 0. The van der Waals surface area contributed by atoms with Crippen molar-refractivity contribution in [3.05, 3.63) is 45.5 Å². The highest BCUT2D eigenvalue weighted by atomic mass is 32.1.